The fourth-order valence-electron chi connectivity index (χ4n) is 2.80. The van der Waals surface area contributed by atoms with Gasteiger partial charge in [0.2, 0.25) is 5.60 Å². The first-order valence-electron chi connectivity index (χ1n) is 9.04. The summed E-state index contributed by atoms with van der Waals surface area (Å²) in [4.78, 5) is 0. The number of aliphatic hydroxyl groups is 1. The highest BCUT2D eigenvalue weighted by atomic mass is 19.4. The number of hydrogen-bond donors (Lipinski definition) is 1. The van der Waals surface area contributed by atoms with Crippen molar-refractivity contribution in [3.63, 3.8) is 0 Å². The zero-order valence-corrected chi connectivity index (χ0v) is 15.8. The zero-order valence-electron chi connectivity index (χ0n) is 15.8. The third kappa shape index (κ3) is 5.16. The molecule has 6 heteroatoms. The highest BCUT2D eigenvalue weighted by Gasteiger charge is 2.55. The predicted octanol–water partition coefficient (Wildman–Crippen LogP) is 5.75. The summed E-state index contributed by atoms with van der Waals surface area (Å²) in [7, 11) is 0. The smallest absolute Gasteiger partial charge is 0.423 e. The molecular formula is C23H21F3O3. The van der Waals surface area contributed by atoms with E-state index in [0.29, 0.717) is 17.1 Å². The first-order chi connectivity index (χ1) is 13.8. The molecule has 0 spiro atoms. The van der Waals surface area contributed by atoms with E-state index in [1.165, 1.54) is 24.3 Å². The molecule has 0 radical (unpaired) electrons. The second kappa shape index (κ2) is 8.68. The van der Waals surface area contributed by atoms with Crippen molar-refractivity contribution in [1.29, 1.82) is 0 Å². The summed E-state index contributed by atoms with van der Waals surface area (Å²) in [5.74, 6) is 1.19. The van der Waals surface area contributed by atoms with Crippen LogP contribution in [-0.4, -0.2) is 17.9 Å². The molecule has 1 atom stereocenters. The van der Waals surface area contributed by atoms with Gasteiger partial charge >= 0.3 is 6.18 Å². The van der Waals surface area contributed by atoms with E-state index >= 15 is 0 Å². The maximum absolute atomic E-state index is 13.6. The van der Waals surface area contributed by atoms with Gasteiger partial charge in [0.25, 0.3) is 0 Å². The number of aryl methyl sites for hydroxylation is 1. The molecule has 3 aromatic carbocycles. The number of benzene rings is 3. The molecule has 1 unspecified atom stereocenters. The van der Waals surface area contributed by atoms with Crippen LogP contribution in [0.5, 0.6) is 11.5 Å². The molecule has 0 aliphatic heterocycles. The molecule has 1 N–H and O–H groups in total. The third-order valence-electron chi connectivity index (χ3n) is 4.46. The van der Waals surface area contributed by atoms with Crippen LogP contribution < -0.4 is 4.74 Å². The van der Waals surface area contributed by atoms with Gasteiger partial charge in [-0.25, -0.2) is 0 Å². The van der Waals surface area contributed by atoms with Gasteiger partial charge < -0.3 is 14.6 Å². The van der Waals surface area contributed by atoms with Crippen LogP contribution in [-0.2, 0) is 16.9 Å². The summed E-state index contributed by atoms with van der Waals surface area (Å²) in [5.41, 5.74) is -1.91. The van der Waals surface area contributed by atoms with Gasteiger partial charge in [-0.05, 0) is 42.3 Å². The van der Waals surface area contributed by atoms with Crippen LogP contribution in [0.1, 0.15) is 16.7 Å². The Hall–Kier alpha value is -2.83. The number of hydrogen-bond acceptors (Lipinski definition) is 3. The van der Waals surface area contributed by atoms with Crippen molar-refractivity contribution in [1.82, 2.24) is 0 Å². The highest BCUT2D eigenvalue weighted by molar-refractivity contribution is 5.33. The van der Waals surface area contributed by atoms with E-state index in [1.54, 1.807) is 43.3 Å². The van der Waals surface area contributed by atoms with E-state index in [0.717, 1.165) is 5.56 Å². The minimum atomic E-state index is -4.87. The van der Waals surface area contributed by atoms with Crippen molar-refractivity contribution in [2.75, 3.05) is 6.61 Å². The van der Waals surface area contributed by atoms with Gasteiger partial charge in [-0.15, -0.1) is 0 Å². The fraction of sp³-hybridized carbons (Fsp3) is 0.217. The van der Waals surface area contributed by atoms with Crippen LogP contribution >= 0.6 is 0 Å². The molecule has 0 heterocycles. The van der Waals surface area contributed by atoms with Crippen LogP contribution in [0.4, 0.5) is 13.2 Å². The van der Waals surface area contributed by atoms with Gasteiger partial charge in [-0.2, -0.15) is 13.2 Å². The van der Waals surface area contributed by atoms with Gasteiger partial charge in [0.1, 0.15) is 11.5 Å². The molecular weight excluding hydrogens is 381 g/mol. The van der Waals surface area contributed by atoms with Crippen LogP contribution in [0.15, 0.2) is 78.9 Å². The lowest BCUT2D eigenvalue weighted by Gasteiger charge is -2.30. The largest absolute Gasteiger partial charge is 0.457 e. The molecule has 0 bridgehead atoms. The Balaban J connectivity index is 1.68. The topological polar surface area (TPSA) is 38.7 Å². The zero-order chi connectivity index (χ0) is 20.9. The quantitative estimate of drug-likeness (QED) is 0.547. The molecule has 29 heavy (non-hydrogen) atoms. The molecule has 0 saturated heterocycles. The number of ether oxygens (including phenoxy) is 2. The minimum absolute atomic E-state index is 0.101. The van der Waals surface area contributed by atoms with Crippen LogP contribution in [0, 0.1) is 6.92 Å². The van der Waals surface area contributed by atoms with E-state index in [4.69, 9.17) is 9.47 Å². The van der Waals surface area contributed by atoms with E-state index in [2.05, 4.69) is 0 Å². The lowest BCUT2D eigenvalue weighted by atomic mass is 9.93. The third-order valence-corrected chi connectivity index (χ3v) is 4.46. The normalized spacial score (nSPS) is 13.7. The average molecular weight is 402 g/mol. The monoisotopic (exact) mass is 402 g/mol. The Morgan fingerprint density at radius 3 is 2.14 bits per heavy atom. The van der Waals surface area contributed by atoms with Gasteiger partial charge in [0, 0.05) is 0 Å². The summed E-state index contributed by atoms with van der Waals surface area (Å²) in [6.45, 7) is 0.747. The second-order valence-corrected chi connectivity index (χ2v) is 6.78. The number of para-hydroxylation sites is 1. The van der Waals surface area contributed by atoms with Gasteiger partial charge in [0.15, 0.2) is 0 Å². The molecule has 0 aliphatic carbocycles. The predicted molar refractivity (Wildman–Crippen MR) is 104 cm³/mol. The molecule has 0 fully saturated rings. The molecule has 0 aliphatic rings. The van der Waals surface area contributed by atoms with Crippen molar-refractivity contribution in [2.45, 2.75) is 25.3 Å². The Morgan fingerprint density at radius 1 is 0.828 bits per heavy atom. The van der Waals surface area contributed by atoms with Gasteiger partial charge in [-0.3, -0.25) is 0 Å². The maximum atomic E-state index is 13.6. The molecule has 152 valence electrons. The lowest BCUT2D eigenvalue weighted by molar-refractivity contribution is -0.283. The molecule has 0 saturated carbocycles. The fourth-order valence-corrected chi connectivity index (χ4v) is 2.80. The molecule has 0 aromatic heterocycles. The van der Waals surface area contributed by atoms with Crippen molar-refractivity contribution in [3.8, 4) is 11.5 Å². The standard InChI is InChI=1S/C23H21F3O3/c1-17-10-12-19(13-11-17)22(27,23(24,25)26)16-28-15-18-6-5-9-21(14-18)29-20-7-3-2-4-8-20/h2-14,27H,15-16H2,1H3. The van der Waals surface area contributed by atoms with Crippen molar-refractivity contribution in [2.24, 2.45) is 0 Å². The van der Waals surface area contributed by atoms with Gasteiger partial charge in [0.05, 0.1) is 13.2 Å². The van der Waals surface area contributed by atoms with Crippen molar-refractivity contribution >= 4 is 0 Å². The summed E-state index contributed by atoms with van der Waals surface area (Å²) >= 11 is 0. The molecule has 3 nitrogen and oxygen atoms in total. The van der Waals surface area contributed by atoms with E-state index in [-0.39, 0.29) is 12.2 Å². The van der Waals surface area contributed by atoms with Crippen LogP contribution in [0.25, 0.3) is 0 Å². The lowest BCUT2D eigenvalue weighted by Crippen LogP contribution is -2.46. The minimum Gasteiger partial charge on any atom is -0.457 e. The SMILES string of the molecule is Cc1ccc(C(O)(COCc2cccc(Oc3ccccc3)c2)C(F)(F)F)cc1. The average Bonchev–Trinajstić information content (AvgIpc) is 2.68. The van der Waals surface area contributed by atoms with E-state index in [1.807, 2.05) is 18.2 Å². The molecule has 3 aromatic rings. The Labute approximate surface area is 167 Å². The maximum Gasteiger partial charge on any atom is 0.423 e. The number of alkyl halides is 3. The molecule has 0 amide bonds. The highest BCUT2D eigenvalue weighted by Crippen LogP contribution is 2.39. The second-order valence-electron chi connectivity index (χ2n) is 6.78. The van der Waals surface area contributed by atoms with Crippen LogP contribution in [0.2, 0.25) is 0 Å². The van der Waals surface area contributed by atoms with Crippen molar-refractivity contribution in [3.05, 3.63) is 95.6 Å². The summed E-state index contributed by atoms with van der Waals surface area (Å²) in [6, 6.07) is 21.6. The number of halogens is 3. The number of rotatable bonds is 7. The Morgan fingerprint density at radius 2 is 1.48 bits per heavy atom. The van der Waals surface area contributed by atoms with Crippen LogP contribution in [0.3, 0.4) is 0 Å². The Kier molecular flexibility index (Phi) is 6.25. The first kappa shape index (κ1) is 20.9. The Bertz CT molecular complexity index is 924. The summed E-state index contributed by atoms with van der Waals surface area (Å²) in [6.07, 6.45) is -4.87. The van der Waals surface area contributed by atoms with Crippen molar-refractivity contribution < 1.29 is 27.8 Å². The van der Waals surface area contributed by atoms with E-state index < -0.39 is 18.4 Å². The summed E-state index contributed by atoms with van der Waals surface area (Å²) in [5, 5.41) is 10.4. The first-order valence-corrected chi connectivity index (χ1v) is 9.04. The summed E-state index contributed by atoms with van der Waals surface area (Å²) < 4.78 is 51.7. The van der Waals surface area contributed by atoms with E-state index in [9.17, 15) is 18.3 Å². The van der Waals surface area contributed by atoms with Gasteiger partial charge in [-0.1, -0.05) is 60.2 Å². The molecule has 3 rings (SSSR count).